The Bertz CT molecular complexity index is 357. The van der Waals surface area contributed by atoms with Gasteiger partial charge in [0, 0.05) is 17.9 Å². The summed E-state index contributed by atoms with van der Waals surface area (Å²) in [6.07, 6.45) is 6.97. The van der Waals surface area contributed by atoms with Crippen LogP contribution in [0.25, 0.3) is 0 Å². The Kier molecular flexibility index (Phi) is 4.27. The molecule has 1 saturated carbocycles. The van der Waals surface area contributed by atoms with E-state index in [9.17, 15) is 0 Å². The van der Waals surface area contributed by atoms with Gasteiger partial charge >= 0.3 is 0 Å². The summed E-state index contributed by atoms with van der Waals surface area (Å²) in [5.41, 5.74) is 1.10. The van der Waals surface area contributed by atoms with Crippen molar-refractivity contribution in [2.45, 2.75) is 45.6 Å². The summed E-state index contributed by atoms with van der Waals surface area (Å²) in [6, 6.07) is 4.49. The lowest BCUT2D eigenvalue weighted by Crippen LogP contribution is -2.27. The minimum atomic E-state index is 0.561. The van der Waals surface area contributed by atoms with Crippen molar-refractivity contribution in [2.24, 2.45) is 11.8 Å². The molecule has 2 nitrogen and oxygen atoms in total. The zero-order chi connectivity index (χ0) is 12.3. The minimum absolute atomic E-state index is 0.561. The molecule has 1 aromatic rings. The van der Waals surface area contributed by atoms with E-state index in [0.29, 0.717) is 11.2 Å². The molecule has 1 aliphatic carbocycles. The highest BCUT2D eigenvalue weighted by Gasteiger charge is 2.22. The summed E-state index contributed by atoms with van der Waals surface area (Å²) in [5.74, 6) is 1.74. The van der Waals surface area contributed by atoms with E-state index in [-0.39, 0.29) is 0 Å². The minimum Gasteiger partial charge on any atom is -0.382 e. The zero-order valence-electron chi connectivity index (χ0n) is 10.6. The molecule has 1 heterocycles. The lowest BCUT2D eigenvalue weighted by molar-refractivity contribution is 0.267. The van der Waals surface area contributed by atoms with Crippen LogP contribution >= 0.6 is 11.6 Å². The summed E-state index contributed by atoms with van der Waals surface area (Å²) in [7, 11) is 0. The number of hydrogen-bond acceptors (Lipinski definition) is 2. The standard InChI is InChI=1S/C14H21ClN2/c1-10(2)11-3-5-12(6-4-11)17-13-7-8-16-14(15)9-13/h7-12H,3-6H2,1-2H3,(H,16,17). The van der Waals surface area contributed by atoms with Gasteiger partial charge in [0.2, 0.25) is 0 Å². The average Bonchev–Trinajstić information content (AvgIpc) is 2.29. The van der Waals surface area contributed by atoms with Gasteiger partial charge in [-0.25, -0.2) is 4.98 Å². The van der Waals surface area contributed by atoms with E-state index in [1.165, 1.54) is 25.7 Å². The van der Waals surface area contributed by atoms with Crippen molar-refractivity contribution in [1.29, 1.82) is 0 Å². The van der Waals surface area contributed by atoms with Crippen LogP contribution in [0.15, 0.2) is 18.3 Å². The molecule has 0 unspecified atom stereocenters. The SMILES string of the molecule is CC(C)C1CCC(Nc2ccnc(Cl)c2)CC1. The van der Waals surface area contributed by atoms with Gasteiger partial charge in [0.05, 0.1) is 0 Å². The van der Waals surface area contributed by atoms with Crippen molar-refractivity contribution in [3.63, 3.8) is 0 Å². The molecular formula is C14H21ClN2. The van der Waals surface area contributed by atoms with Gasteiger partial charge in [-0.15, -0.1) is 0 Å². The van der Waals surface area contributed by atoms with E-state index in [0.717, 1.165) is 17.5 Å². The molecule has 0 atom stereocenters. The Labute approximate surface area is 109 Å². The lowest BCUT2D eigenvalue weighted by Gasteiger charge is -2.31. The van der Waals surface area contributed by atoms with Crippen molar-refractivity contribution in [1.82, 2.24) is 4.98 Å². The van der Waals surface area contributed by atoms with Gasteiger partial charge in [0.1, 0.15) is 5.15 Å². The molecule has 94 valence electrons. The fraction of sp³-hybridized carbons (Fsp3) is 0.643. The Morgan fingerprint density at radius 2 is 2.00 bits per heavy atom. The molecule has 0 bridgehead atoms. The number of rotatable bonds is 3. The highest BCUT2D eigenvalue weighted by atomic mass is 35.5. The number of nitrogens with zero attached hydrogens (tertiary/aromatic N) is 1. The van der Waals surface area contributed by atoms with Crippen LogP contribution in [-0.4, -0.2) is 11.0 Å². The van der Waals surface area contributed by atoms with Crippen molar-refractivity contribution in [3.05, 3.63) is 23.5 Å². The molecule has 0 aliphatic heterocycles. The van der Waals surface area contributed by atoms with Crippen molar-refractivity contribution in [3.8, 4) is 0 Å². The third-order valence-corrected chi connectivity index (χ3v) is 4.02. The largest absolute Gasteiger partial charge is 0.382 e. The third-order valence-electron chi connectivity index (χ3n) is 3.81. The number of nitrogens with one attached hydrogen (secondary N) is 1. The fourth-order valence-corrected chi connectivity index (χ4v) is 2.83. The second kappa shape index (κ2) is 5.72. The van der Waals surface area contributed by atoms with Crippen molar-refractivity contribution in [2.75, 3.05) is 5.32 Å². The molecule has 1 N–H and O–H groups in total. The normalized spacial score (nSPS) is 24.9. The molecule has 1 aliphatic rings. The summed E-state index contributed by atoms with van der Waals surface area (Å²) >= 11 is 5.88. The van der Waals surface area contributed by atoms with Gasteiger partial charge in [-0.1, -0.05) is 25.4 Å². The van der Waals surface area contributed by atoms with E-state index in [2.05, 4.69) is 24.1 Å². The highest BCUT2D eigenvalue weighted by Crippen LogP contribution is 2.31. The van der Waals surface area contributed by atoms with Gasteiger partial charge in [0.15, 0.2) is 0 Å². The summed E-state index contributed by atoms with van der Waals surface area (Å²) < 4.78 is 0. The molecule has 0 spiro atoms. The van der Waals surface area contributed by atoms with Crippen LogP contribution in [-0.2, 0) is 0 Å². The number of anilines is 1. The Hall–Kier alpha value is -0.760. The Morgan fingerprint density at radius 1 is 1.29 bits per heavy atom. The first kappa shape index (κ1) is 12.7. The van der Waals surface area contributed by atoms with Gasteiger partial charge < -0.3 is 5.32 Å². The number of pyridine rings is 1. The van der Waals surface area contributed by atoms with Crippen LogP contribution < -0.4 is 5.32 Å². The predicted octanol–water partition coefficient (Wildman–Crippen LogP) is 4.36. The van der Waals surface area contributed by atoms with Crippen molar-refractivity contribution >= 4 is 17.3 Å². The first-order valence-corrected chi connectivity index (χ1v) is 6.91. The van der Waals surface area contributed by atoms with Gasteiger partial charge in [-0.05, 0) is 49.7 Å². The average molecular weight is 253 g/mol. The van der Waals surface area contributed by atoms with Crippen molar-refractivity contribution < 1.29 is 0 Å². The summed E-state index contributed by atoms with van der Waals surface area (Å²) in [5, 5.41) is 4.12. The van der Waals surface area contributed by atoms with E-state index < -0.39 is 0 Å². The summed E-state index contributed by atoms with van der Waals surface area (Å²) in [6.45, 7) is 4.67. The maximum absolute atomic E-state index is 5.88. The quantitative estimate of drug-likeness (QED) is 0.809. The van der Waals surface area contributed by atoms with E-state index in [4.69, 9.17) is 11.6 Å². The van der Waals surface area contributed by atoms with Crippen LogP contribution in [0.3, 0.4) is 0 Å². The van der Waals surface area contributed by atoms with Crippen LogP contribution in [0.5, 0.6) is 0 Å². The first-order valence-electron chi connectivity index (χ1n) is 6.53. The van der Waals surface area contributed by atoms with E-state index in [1.54, 1.807) is 6.20 Å². The number of hydrogen-bond donors (Lipinski definition) is 1. The molecule has 1 aromatic heterocycles. The third kappa shape index (κ3) is 3.60. The summed E-state index contributed by atoms with van der Waals surface area (Å²) in [4.78, 5) is 3.99. The molecule has 0 amide bonds. The van der Waals surface area contributed by atoms with Crippen LogP contribution in [0.1, 0.15) is 39.5 Å². The smallest absolute Gasteiger partial charge is 0.131 e. The van der Waals surface area contributed by atoms with E-state index in [1.807, 2.05) is 12.1 Å². The fourth-order valence-electron chi connectivity index (χ4n) is 2.66. The maximum atomic E-state index is 5.88. The monoisotopic (exact) mass is 252 g/mol. The van der Waals surface area contributed by atoms with Crippen LogP contribution in [0.4, 0.5) is 5.69 Å². The molecule has 1 fully saturated rings. The second-order valence-corrected chi connectivity index (χ2v) is 5.75. The highest BCUT2D eigenvalue weighted by molar-refractivity contribution is 6.29. The van der Waals surface area contributed by atoms with Crippen LogP contribution in [0, 0.1) is 11.8 Å². The second-order valence-electron chi connectivity index (χ2n) is 5.37. The molecule has 2 rings (SSSR count). The predicted molar refractivity (Wildman–Crippen MR) is 73.5 cm³/mol. The van der Waals surface area contributed by atoms with Gasteiger partial charge in [-0.2, -0.15) is 0 Å². The van der Waals surface area contributed by atoms with Gasteiger partial charge in [0.25, 0.3) is 0 Å². The maximum Gasteiger partial charge on any atom is 0.131 e. The topological polar surface area (TPSA) is 24.9 Å². The molecule has 0 saturated heterocycles. The van der Waals surface area contributed by atoms with E-state index >= 15 is 0 Å². The molecule has 17 heavy (non-hydrogen) atoms. The molecular weight excluding hydrogens is 232 g/mol. The van der Waals surface area contributed by atoms with Gasteiger partial charge in [-0.3, -0.25) is 0 Å². The number of halogens is 1. The lowest BCUT2D eigenvalue weighted by atomic mass is 9.79. The zero-order valence-corrected chi connectivity index (χ0v) is 11.4. The Morgan fingerprint density at radius 3 is 2.59 bits per heavy atom. The first-order chi connectivity index (χ1) is 8.15. The van der Waals surface area contributed by atoms with Crippen LogP contribution in [0.2, 0.25) is 5.15 Å². The molecule has 3 heteroatoms. The Balaban J connectivity index is 1.86. The number of aromatic nitrogens is 1. The molecule has 0 radical (unpaired) electrons. The molecule has 0 aromatic carbocycles.